The molecule has 74 valence electrons. The minimum absolute atomic E-state index is 0.0322. The Balaban J connectivity index is 2.62. The Morgan fingerprint density at radius 3 is 2.64 bits per heavy atom. The molecule has 0 aliphatic heterocycles. The fraction of sp³-hybridized carbons (Fsp3) is 0.125. The van der Waals surface area contributed by atoms with Crippen LogP contribution in [0.5, 0.6) is 0 Å². The minimum atomic E-state index is -4.38. The maximum Gasteiger partial charge on any atom is 0.416 e. The molecule has 0 amide bonds. The fourth-order valence-electron chi connectivity index (χ4n) is 1.07. The van der Waals surface area contributed by atoms with Crippen LogP contribution in [0.3, 0.4) is 0 Å². The molecule has 0 atom stereocenters. The molecule has 0 saturated heterocycles. The smallest absolute Gasteiger partial charge is 0.416 e. The third-order valence-corrected chi connectivity index (χ3v) is 1.85. The molecule has 1 aromatic heterocycles. The first-order valence-electron chi connectivity index (χ1n) is 3.60. The Morgan fingerprint density at radius 1 is 1.29 bits per heavy atom. The maximum atomic E-state index is 12.2. The van der Waals surface area contributed by atoms with Gasteiger partial charge in [0.05, 0.1) is 5.56 Å². The van der Waals surface area contributed by atoms with Crippen molar-refractivity contribution in [2.45, 2.75) is 6.18 Å². The lowest BCUT2D eigenvalue weighted by molar-refractivity contribution is -0.137. The third kappa shape index (κ3) is 1.55. The summed E-state index contributed by atoms with van der Waals surface area (Å²) in [6.07, 6.45) is -4.38. The van der Waals surface area contributed by atoms with Crippen molar-refractivity contribution in [1.82, 2.24) is 4.98 Å². The summed E-state index contributed by atoms with van der Waals surface area (Å²) in [5.41, 5.74) is -0.439. The molecule has 2 nitrogen and oxygen atoms in total. The lowest BCUT2D eigenvalue weighted by atomic mass is 10.2. The second-order valence-electron chi connectivity index (χ2n) is 2.65. The first-order valence-corrected chi connectivity index (χ1v) is 3.98. The van der Waals surface area contributed by atoms with E-state index in [0.29, 0.717) is 5.52 Å². The van der Waals surface area contributed by atoms with Gasteiger partial charge in [-0.25, -0.2) is 0 Å². The van der Waals surface area contributed by atoms with E-state index in [0.717, 1.165) is 12.1 Å². The van der Waals surface area contributed by atoms with E-state index in [1.54, 1.807) is 0 Å². The molecule has 0 N–H and O–H groups in total. The summed E-state index contributed by atoms with van der Waals surface area (Å²) in [6.45, 7) is 0. The number of alkyl halides is 3. The largest absolute Gasteiger partial charge is 0.428 e. The highest BCUT2D eigenvalue weighted by molar-refractivity contribution is 6.28. The van der Waals surface area contributed by atoms with Crippen LogP contribution in [0.15, 0.2) is 22.6 Å². The van der Waals surface area contributed by atoms with Crippen LogP contribution < -0.4 is 0 Å². The molecule has 2 rings (SSSR count). The van der Waals surface area contributed by atoms with Crippen LogP contribution in [-0.4, -0.2) is 4.98 Å². The van der Waals surface area contributed by atoms with E-state index >= 15 is 0 Å². The highest BCUT2D eigenvalue weighted by Gasteiger charge is 2.30. The van der Waals surface area contributed by atoms with E-state index in [1.807, 2.05) is 0 Å². The maximum absolute atomic E-state index is 12.2. The number of rotatable bonds is 0. The summed E-state index contributed by atoms with van der Waals surface area (Å²) in [7, 11) is 0. The standard InChI is InChI=1S/C8H3ClF3NO/c9-7-13-5-2-1-4(8(10,11)12)3-6(5)14-7/h1-3H. The molecule has 0 radical (unpaired) electrons. The highest BCUT2D eigenvalue weighted by atomic mass is 35.5. The molecule has 0 saturated carbocycles. The lowest BCUT2D eigenvalue weighted by Gasteiger charge is -2.04. The average Bonchev–Trinajstić information content (AvgIpc) is 2.41. The van der Waals surface area contributed by atoms with Crippen LogP contribution in [0.2, 0.25) is 5.35 Å². The zero-order valence-corrected chi connectivity index (χ0v) is 7.36. The summed E-state index contributed by atoms with van der Waals surface area (Å²) >= 11 is 5.39. The number of hydrogen-bond donors (Lipinski definition) is 0. The Bertz CT molecular complexity index is 477. The van der Waals surface area contributed by atoms with Gasteiger partial charge < -0.3 is 4.42 Å². The molecule has 0 unspecified atom stereocenters. The van der Waals surface area contributed by atoms with Gasteiger partial charge in [-0.2, -0.15) is 18.2 Å². The van der Waals surface area contributed by atoms with Crippen molar-refractivity contribution in [3.05, 3.63) is 29.1 Å². The van der Waals surface area contributed by atoms with E-state index < -0.39 is 11.7 Å². The minimum Gasteiger partial charge on any atom is -0.428 e. The summed E-state index contributed by atoms with van der Waals surface area (Å²) in [5.74, 6) is 0. The van der Waals surface area contributed by atoms with Crippen LogP contribution in [0.1, 0.15) is 5.56 Å². The number of oxazole rings is 1. The topological polar surface area (TPSA) is 26.0 Å². The summed E-state index contributed by atoms with van der Waals surface area (Å²) in [4.78, 5) is 3.67. The molecule has 2 aromatic rings. The number of hydrogen-bond acceptors (Lipinski definition) is 2. The Kier molecular flexibility index (Phi) is 1.92. The van der Waals surface area contributed by atoms with Gasteiger partial charge in [-0.1, -0.05) is 0 Å². The number of aromatic nitrogens is 1. The monoisotopic (exact) mass is 221 g/mol. The van der Waals surface area contributed by atoms with Gasteiger partial charge in [-0.05, 0) is 29.8 Å². The molecule has 0 spiro atoms. The summed E-state index contributed by atoms with van der Waals surface area (Å²) < 4.78 is 41.4. The quantitative estimate of drug-likeness (QED) is 0.681. The highest BCUT2D eigenvalue weighted by Crippen LogP contribution is 2.31. The molecule has 0 fully saturated rings. The van der Waals surface area contributed by atoms with Crippen LogP contribution in [0.4, 0.5) is 13.2 Å². The number of halogens is 4. The number of nitrogens with zero attached hydrogens (tertiary/aromatic N) is 1. The van der Waals surface area contributed by atoms with E-state index in [2.05, 4.69) is 4.98 Å². The van der Waals surface area contributed by atoms with Crippen molar-refractivity contribution in [3.8, 4) is 0 Å². The summed E-state index contributed by atoms with van der Waals surface area (Å²) in [5, 5.41) is -0.167. The molecule has 1 aromatic carbocycles. The average molecular weight is 222 g/mol. The summed E-state index contributed by atoms with van der Waals surface area (Å²) in [6, 6.07) is 3.02. The Hall–Kier alpha value is -1.23. The molecule has 0 aliphatic rings. The Labute approximate surface area is 81.3 Å². The zero-order valence-electron chi connectivity index (χ0n) is 6.60. The zero-order chi connectivity index (χ0) is 10.3. The van der Waals surface area contributed by atoms with Gasteiger partial charge in [0.25, 0.3) is 5.35 Å². The van der Waals surface area contributed by atoms with Crippen molar-refractivity contribution >= 4 is 22.7 Å². The van der Waals surface area contributed by atoms with Crippen LogP contribution in [-0.2, 0) is 6.18 Å². The van der Waals surface area contributed by atoms with Gasteiger partial charge in [0.1, 0.15) is 5.52 Å². The second-order valence-corrected chi connectivity index (χ2v) is 2.97. The van der Waals surface area contributed by atoms with Gasteiger partial charge in [-0.3, -0.25) is 0 Å². The van der Waals surface area contributed by atoms with Crippen LogP contribution in [0.25, 0.3) is 11.1 Å². The molecule has 0 bridgehead atoms. The van der Waals surface area contributed by atoms with Crippen molar-refractivity contribution < 1.29 is 17.6 Å². The first kappa shape index (κ1) is 9.33. The van der Waals surface area contributed by atoms with E-state index in [1.165, 1.54) is 6.07 Å². The van der Waals surface area contributed by atoms with Gasteiger partial charge in [0, 0.05) is 0 Å². The molecule has 6 heteroatoms. The van der Waals surface area contributed by atoms with E-state index in [9.17, 15) is 13.2 Å². The normalized spacial score (nSPS) is 12.3. The van der Waals surface area contributed by atoms with Gasteiger partial charge in [0.15, 0.2) is 5.58 Å². The fourth-order valence-corrected chi connectivity index (χ4v) is 1.25. The molecular formula is C8H3ClF3NO. The molecule has 14 heavy (non-hydrogen) atoms. The van der Waals surface area contributed by atoms with Gasteiger partial charge in [-0.15, -0.1) is 0 Å². The predicted octanol–water partition coefficient (Wildman–Crippen LogP) is 3.50. The molecule has 0 aliphatic carbocycles. The molecule has 1 heterocycles. The van der Waals surface area contributed by atoms with Gasteiger partial charge in [0.2, 0.25) is 0 Å². The SMILES string of the molecule is FC(F)(F)c1ccc2nc(Cl)oc2c1. The second kappa shape index (κ2) is 2.88. The third-order valence-electron chi connectivity index (χ3n) is 1.69. The van der Waals surface area contributed by atoms with Crippen molar-refractivity contribution in [1.29, 1.82) is 0 Å². The van der Waals surface area contributed by atoms with E-state index in [4.69, 9.17) is 16.0 Å². The van der Waals surface area contributed by atoms with Gasteiger partial charge >= 0.3 is 6.18 Å². The van der Waals surface area contributed by atoms with Crippen LogP contribution >= 0.6 is 11.6 Å². The number of fused-ring (bicyclic) bond motifs is 1. The lowest BCUT2D eigenvalue weighted by Crippen LogP contribution is -2.03. The van der Waals surface area contributed by atoms with Crippen molar-refractivity contribution in [2.24, 2.45) is 0 Å². The van der Waals surface area contributed by atoms with Crippen molar-refractivity contribution in [3.63, 3.8) is 0 Å². The van der Waals surface area contributed by atoms with Crippen molar-refractivity contribution in [2.75, 3.05) is 0 Å². The first-order chi connectivity index (χ1) is 6.47. The Morgan fingerprint density at radius 2 is 2.00 bits per heavy atom. The van der Waals surface area contributed by atoms with E-state index in [-0.39, 0.29) is 10.9 Å². The predicted molar refractivity (Wildman–Crippen MR) is 44.0 cm³/mol. The van der Waals surface area contributed by atoms with Crippen LogP contribution in [0, 0.1) is 0 Å². The number of benzene rings is 1. The molecular weight excluding hydrogens is 219 g/mol.